The lowest BCUT2D eigenvalue weighted by Crippen LogP contribution is -2.27. The lowest BCUT2D eigenvalue weighted by Gasteiger charge is -2.11. The van der Waals surface area contributed by atoms with E-state index in [4.69, 9.17) is 4.74 Å². The summed E-state index contributed by atoms with van der Waals surface area (Å²) in [6.07, 6.45) is 1.75. The molecule has 2 amide bonds. The van der Waals surface area contributed by atoms with Crippen LogP contribution in [-0.2, 0) is 9.53 Å². The largest absolute Gasteiger partial charge is 0.462 e. The molecule has 0 atom stereocenters. The van der Waals surface area contributed by atoms with Crippen molar-refractivity contribution in [1.29, 1.82) is 0 Å². The summed E-state index contributed by atoms with van der Waals surface area (Å²) in [5, 5.41) is 0.482. The molecule has 1 fully saturated rings. The summed E-state index contributed by atoms with van der Waals surface area (Å²) >= 11 is 2.47. The number of hydrogen-bond donors (Lipinski definition) is 0. The van der Waals surface area contributed by atoms with Gasteiger partial charge in [-0.2, -0.15) is 0 Å². The standard InChI is InChI=1S/C25H24N2O4S2/c1-6-31-24(29)21-15(3)17(5)32-23(21)26-14(2)12-18(16(26)4)13-20-22(28)27(25(30)33-20)19-10-8-7-9-11-19/h7-13H,6H2,1-5H3. The smallest absolute Gasteiger partial charge is 0.341 e. The molecule has 170 valence electrons. The van der Waals surface area contributed by atoms with E-state index in [0.717, 1.165) is 44.2 Å². The number of benzene rings is 1. The second kappa shape index (κ2) is 9.03. The Bertz CT molecular complexity index is 1300. The minimum atomic E-state index is -0.340. The van der Waals surface area contributed by atoms with Crippen molar-refractivity contribution in [2.75, 3.05) is 11.5 Å². The molecule has 33 heavy (non-hydrogen) atoms. The molecule has 8 heteroatoms. The first kappa shape index (κ1) is 23.1. The fourth-order valence-electron chi connectivity index (χ4n) is 3.87. The van der Waals surface area contributed by atoms with Gasteiger partial charge in [0.05, 0.1) is 22.8 Å². The average Bonchev–Trinajstić information content (AvgIpc) is 3.33. The van der Waals surface area contributed by atoms with Gasteiger partial charge in [0.1, 0.15) is 5.00 Å². The monoisotopic (exact) mass is 480 g/mol. The van der Waals surface area contributed by atoms with Gasteiger partial charge in [0.15, 0.2) is 0 Å². The molecule has 0 spiro atoms. The number of aromatic nitrogens is 1. The number of imide groups is 1. The Balaban J connectivity index is 1.75. The van der Waals surface area contributed by atoms with Gasteiger partial charge in [-0.25, -0.2) is 9.69 Å². The van der Waals surface area contributed by atoms with E-state index >= 15 is 0 Å². The van der Waals surface area contributed by atoms with Gasteiger partial charge in [-0.05, 0) is 81.8 Å². The van der Waals surface area contributed by atoms with E-state index < -0.39 is 0 Å². The average molecular weight is 481 g/mol. The van der Waals surface area contributed by atoms with Crippen LogP contribution in [0.4, 0.5) is 10.5 Å². The predicted molar refractivity (Wildman–Crippen MR) is 133 cm³/mol. The summed E-state index contributed by atoms with van der Waals surface area (Å²) in [6, 6.07) is 10.9. The van der Waals surface area contributed by atoms with Crippen LogP contribution >= 0.6 is 23.1 Å². The van der Waals surface area contributed by atoms with E-state index in [2.05, 4.69) is 0 Å². The van der Waals surface area contributed by atoms with Crippen LogP contribution in [0, 0.1) is 27.7 Å². The highest BCUT2D eigenvalue weighted by Gasteiger charge is 2.36. The maximum absolute atomic E-state index is 13.0. The number of anilines is 1. The van der Waals surface area contributed by atoms with Crippen LogP contribution in [0.5, 0.6) is 0 Å². The van der Waals surface area contributed by atoms with Crippen molar-refractivity contribution in [2.45, 2.75) is 34.6 Å². The van der Waals surface area contributed by atoms with Crippen LogP contribution in [0.2, 0.25) is 0 Å². The number of thiophene rings is 1. The van der Waals surface area contributed by atoms with Gasteiger partial charge in [-0.3, -0.25) is 9.59 Å². The Morgan fingerprint density at radius 1 is 1.09 bits per heavy atom. The molecule has 0 bridgehead atoms. The molecule has 2 aromatic heterocycles. The van der Waals surface area contributed by atoms with Crippen LogP contribution in [0.25, 0.3) is 11.1 Å². The summed E-state index contributed by atoms with van der Waals surface area (Å²) in [6.45, 7) is 9.91. The van der Waals surface area contributed by atoms with E-state index in [1.165, 1.54) is 16.2 Å². The number of amides is 2. The second-order valence-corrected chi connectivity index (χ2v) is 9.89. The van der Waals surface area contributed by atoms with Crippen molar-refractivity contribution in [3.05, 3.63) is 74.3 Å². The summed E-state index contributed by atoms with van der Waals surface area (Å²) < 4.78 is 7.33. The van der Waals surface area contributed by atoms with Crippen molar-refractivity contribution in [3.8, 4) is 5.00 Å². The third kappa shape index (κ3) is 4.05. The molecule has 3 heterocycles. The molecule has 0 unspecified atom stereocenters. The Kier molecular flexibility index (Phi) is 6.32. The van der Waals surface area contributed by atoms with Crippen molar-refractivity contribution < 1.29 is 19.1 Å². The number of aryl methyl sites for hydroxylation is 2. The van der Waals surface area contributed by atoms with Gasteiger partial charge >= 0.3 is 5.97 Å². The summed E-state index contributed by atoms with van der Waals surface area (Å²) in [4.78, 5) is 40.9. The van der Waals surface area contributed by atoms with Gasteiger partial charge < -0.3 is 9.30 Å². The Hall–Kier alpha value is -3.10. The number of carbonyl (C=O) groups is 3. The zero-order valence-corrected chi connectivity index (χ0v) is 20.7. The molecule has 1 saturated heterocycles. The first-order chi connectivity index (χ1) is 15.7. The molecule has 1 aromatic carbocycles. The Morgan fingerprint density at radius 3 is 2.45 bits per heavy atom. The molecule has 1 aliphatic heterocycles. The lowest BCUT2D eigenvalue weighted by atomic mass is 10.1. The molecule has 4 rings (SSSR count). The third-order valence-corrected chi connectivity index (χ3v) is 7.68. The van der Waals surface area contributed by atoms with Gasteiger partial charge in [0.2, 0.25) is 0 Å². The summed E-state index contributed by atoms with van der Waals surface area (Å²) in [7, 11) is 0. The maximum Gasteiger partial charge on any atom is 0.341 e. The first-order valence-electron chi connectivity index (χ1n) is 10.5. The van der Waals surface area contributed by atoms with Gasteiger partial charge in [0.25, 0.3) is 11.1 Å². The summed E-state index contributed by atoms with van der Waals surface area (Å²) in [5.41, 5.74) is 4.66. The van der Waals surface area contributed by atoms with Gasteiger partial charge in [-0.1, -0.05) is 18.2 Å². The number of rotatable bonds is 5. The van der Waals surface area contributed by atoms with Crippen LogP contribution in [-0.4, -0.2) is 28.3 Å². The molecule has 0 saturated carbocycles. The number of carbonyl (C=O) groups excluding carboxylic acids is 3. The van der Waals surface area contributed by atoms with Crippen molar-refractivity contribution in [1.82, 2.24) is 4.57 Å². The lowest BCUT2D eigenvalue weighted by molar-refractivity contribution is -0.113. The van der Waals surface area contributed by atoms with Crippen LogP contribution in [0.15, 0.2) is 41.3 Å². The fraction of sp³-hybridized carbons (Fsp3) is 0.240. The zero-order valence-electron chi connectivity index (χ0n) is 19.1. The molecule has 1 aliphatic rings. The van der Waals surface area contributed by atoms with Crippen molar-refractivity contribution >= 4 is 52.0 Å². The quantitative estimate of drug-likeness (QED) is 0.322. The van der Waals surface area contributed by atoms with Crippen molar-refractivity contribution in [2.24, 2.45) is 0 Å². The number of ether oxygens (including phenoxy) is 1. The zero-order chi connectivity index (χ0) is 23.9. The highest BCUT2D eigenvalue weighted by Crippen LogP contribution is 2.38. The number of thioether (sulfide) groups is 1. The highest BCUT2D eigenvalue weighted by molar-refractivity contribution is 8.19. The molecule has 3 aromatic rings. The minimum Gasteiger partial charge on any atom is -0.462 e. The number of hydrogen-bond acceptors (Lipinski definition) is 6. The molecule has 0 aliphatic carbocycles. The van der Waals surface area contributed by atoms with E-state index in [1.807, 2.05) is 44.4 Å². The molecule has 0 radical (unpaired) electrons. The minimum absolute atomic E-state index is 0.304. The topological polar surface area (TPSA) is 68.6 Å². The Morgan fingerprint density at radius 2 is 1.79 bits per heavy atom. The first-order valence-corrected chi connectivity index (χ1v) is 12.2. The highest BCUT2D eigenvalue weighted by atomic mass is 32.2. The SMILES string of the molecule is CCOC(=O)c1c(-n2c(C)cc(C=C3SC(=O)N(c4ccccc4)C3=O)c2C)sc(C)c1C. The molecular weight excluding hydrogens is 456 g/mol. The van der Waals surface area contributed by atoms with Crippen molar-refractivity contribution in [3.63, 3.8) is 0 Å². The van der Waals surface area contributed by atoms with E-state index in [-0.39, 0.29) is 17.1 Å². The second-order valence-electron chi connectivity index (χ2n) is 7.70. The van der Waals surface area contributed by atoms with E-state index in [9.17, 15) is 14.4 Å². The van der Waals surface area contributed by atoms with E-state index in [0.29, 0.717) is 22.8 Å². The Labute approximate surface area is 200 Å². The number of para-hydroxylation sites is 1. The maximum atomic E-state index is 13.0. The number of esters is 1. The van der Waals surface area contributed by atoms with Gasteiger partial charge in [0, 0.05) is 16.3 Å². The molecular formula is C25H24N2O4S2. The third-order valence-electron chi connectivity index (χ3n) is 5.61. The molecule has 0 N–H and O–H groups in total. The van der Waals surface area contributed by atoms with Crippen LogP contribution < -0.4 is 4.90 Å². The molecule has 6 nitrogen and oxygen atoms in total. The van der Waals surface area contributed by atoms with Gasteiger partial charge in [-0.15, -0.1) is 11.3 Å². The van der Waals surface area contributed by atoms with E-state index in [1.54, 1.807) is 37.3 Å². The van der Waals surface area contributed by atoms with Crippen LogP contribution in [0.1, 0.15) is 44.7 Å². The van der Waals surface area contributed by atoms with Crippen LogP contribution in [0.3, 0.4) is 0 Å². The fourth-order valence-corrected chi connectivity index (χ4v) is 5.95. The predicted octanol–water partition coefficient (Wildman–Crippen LogP) is 6.19. The normalized spacial score (nSPS) is 15.1. The number of nitrogens with zero attached hydrogens (tertiary/aromatic N) is 2. The summed E-state index contributed by atoms with van der Waals surface area (Å²) in [5.74, 6) is -0.677.